The van der Waals surface area contributed by atoms with Crippen molar-refractivity contribution in [2.75, 3.05) is 12.1 Å². The predicted octanol–water partition coefficient (Wildman–Crippen LogP) is 1.33. The molecular formula is C13H13N5O5. The number of carbonyl (C=O) groups is 1. The van der Waals surface area contributed by atoms with E-state index < -0.39 is 10.9 Å². The average Bonchev–Trinajstić information content (AvgIpc) is 3.15. The minimum absolute atomic E-state index is 0.168. The summed E-state index contributed by atoms with van der Waals surface area (Å²) in [7, 11) is 0. The molecule has 0 aliphatic carbocycles. The normalized spacial score (nSPS) is 12.2. The standard InChI is InChI=1S/C13H13N5O5/c19-12(2-1-5-17-7-14-13(16-17)18(20)21)15-9-3-4-10-11(6-9)23-8-22-10/h3-4,6-7H,1-2,5,8H2,(H,15,19). The van der Waals surface area contributed by atoms with Crippen molar-refractivity contribution in [2.45, 2.75) is 19.4 Å². The first-order valence-corrected chi connectivity index (χ1v) is 6.85. The number of nitrogens with zero attached hydrogens (tertiary/aromatic N) is 4. The van der Waals surface area contributed by atoms with E-state index >= 15 is 0 Å². The van der Waals surface area contributed by atoms with Gasteiger partial charge in [-0.1, -0.05) is 4.98 Å². The first-order valence-electron chi connectivity index (χ1n) is 6.85. The molecule has 0 unspecified atom stereocenters. The molecular weight excluding hydrogens is 306 g/mol. The third kappa shape index (κ3) is 3.54. The van der Waals surface area contributed by atoms with Crippen molar-refractivity contribution in [3.63, 3.8) is 0 Å². The van der Waals surface area contributed by atoms with Crippen molar-refractivity contribution in [3.05, 3.63) is 34.6 Å². The van der Waals surface area contributed by atoms with Crippen LogP contribution >= 0.6 is 0 Å². The van der Waals surface area contributed by atoms with Gasteiger partial charge in [0.2, 0.25) is 19.0 Å². The second kappa shape index (κ2) is 6.30. The summed E-state index contributed by atoms with van der Waals surface area (Å²) in [6.07, 6.45) is 2.01. The number of hydrogen-bond donors (Lipinski definition) is 1. The molecule has 0 saturated heterocycles. The number of carbonyl (C=O) groups excluding carboxylic acids is 1. The number of ether oxygens (including phenoxy) is 2. The zero-order chi connectivity index (χ0) is 16.2. The molecule has 23 heavy (non-hydrogen) atoms. The summed E-state index contributed by atoms with van der Waals surface area (Å²) in [4.78, 5) is 25.2. The lowest BCUT2D eigenvalue weighted by Gasteiger charge is -2.05. The Balaban J connectivity index is 1.47. The number of anilines is 1. The van der Waals surface area contributed by atoms with Gasteiger partial charge in [0.15, 0.2) is 11.5 Å². The Kier molecular flexibility index (Phi) is 4.04. The van der Waals surface area contributed by atoms with Gasteiger partial charge in [-0.25, -0.2) is 0 Å². The van der Waals surface area contributed by atoms with E-state index in [1.54, 1.807) is 18.2 Å². The van der Waals surface area contributed by atoms with Crippen LogP contribution in [0.1, 0.15) is 12.8 Å². The van der Waals surface area contributed by atoms with Crippen LogP contribution < -0.4 is 14.8 Å². The number of benzene rings is 1. The molecule has 0 bridgehead atoms. The number of nitro groups is 1. The zero-order valence-corrected chi connectivity index (χ0v) is 12.0. The Bertz CT molecular complexity index is 744. The number of fused-ring (bicyclic) bond motifs is 1. The molecule has 0 saturated carbocycles. The van der Waals surface area contributed by atoms with Gasteiger partial charge in [0, 0.05) is 23.3 Å². The first kappa shape index (κ1) is 14.8. The van der Waals surface area contributed by atoms with E-state index in [0.717, 1.165) is 0 Å². The minimum atomic E-state index is -0.664. The molecule has 2 aromatic rings. The topological polar surface area (TPSA) is 121 Å². The van der Waals surface area contributed by atoms with E-state index in [1.165, 1.54) is 11.0 Å². The number of nitrogens with one attached hydrogen (secondary N) is 1. The molecule has 1 aliphatic rings. The van der Waals surface area contributed by atoms with Crippen molar-refractivity contribution in [3.8, 4) is 11.5 Å². The number of aryl methyl sites for hydroxylation is 1. The summed E-state index contributed by atoms with van der Waals surface area (Å²) >= 11 is 0. The van der Waals surface area contributed by atoms with E-state index in [-0.39, 0.29) is 19.1 Å². The molecule has 3 rings (SSSR count). The smallest absolute Gasteiger partial charge is 0.454 e. The fourth-order valence-corrected chi connectivity index (χ4v) is 2.08. The summed E-state index contributed by atoms with van der Waals surface area (Å²) in [5.41, 5.74) is 0.621. The lowest BCUT2D eigenvalue weighted by molar-refractivity contribution is -0.394. The Morgan fingerprint density at radius 1 is 1.39 bits per heavy atom. The lowest BCUT2D eigenvalue weighted by Crippen LogP contribution is -2.12. The monoisotopic (exact) mass is 319 g/mol. The molecule has 1 N–H and O–H groups in total. The van der Waals surface area contributed by atoms with Crippen LogP contribution in [0, 0.1) is 10.1 Å². The van der Waals surface area contributed by atoms with Crippen LogP contribution in [-0.2, 0) is 11.3 Å². The number of rotatable bonds is 6. The average molecular weight is 319 g/mol. The Labute approximate surface area is 130 Å². The van der Waals surface area contributed by atoms with Gasteiger partial charge in [0.1, 0.15) is 0 Å². The Hall–Kier alpha value is -3.17. The molecule has 0 spiro atoms. The summed E-state index contributed by atoms with van der Waals surface area (Å²) in [6.45, 7) is 0.548. The third-order valence-corrected chi connectivity index (χ3v) is 3.14. The molecule has 1 aromatic heterocycles. The van der Waals surface area contributed by atoms with E-state index in [0.29, 0.717) is 30.2 Å². The van der Waals surface area contributed by atoms with Crippen LogP contribution in [0.3, 0.4) is 0 Å². The highest BCUT2D eigenvalue weighted by Crippen LogP contribution is 2.34. The van der Waals surface area contributed by atoms with Gasteiger partial charge in [-0.2, -0.15) is 4.68 Å². The number of hydrogen-bond acceptors (Lipinski definition) is 7. The van der Waals surface area contributed by atoms with Gasteiger partial charge in [0.05, 0.1) is 6.54 Å². The van der Waals surface area contributed by atoms with Crippen LogP contribution in [0.25, 0.3) is 0 Å². The molecule has 1 aromatic carbocycles. The molecule has 2 heterocycles. The third-order valence-electron chi connectivity index (χ3n) is 3.14. The molecule has 0 atom stereocenters. The molecule has 10 heteroatoms. The summed E-state index contributed by atoms with van der Waals surface area (Å²) < 4.78 is 11.8. The fraction of sp³-hybridized carbons (Fsp3) is 0.308. The highest BCUT2D eigenvalue weighted by Gasteiger charge is 2.15. The van der Waals surface area contributed by atoms with E-state index in [2.05, 4.69) is 15.4 Å². The van der Waals surface area contributed by atoms with E-state index in [9.17, 15) is 14.9 Å². The lowest BCUT2D eigenvalue weighted by atomic mass is 10.2. The maximum atomic E-state index is 11.9. The van der Waals surface area contributed by atoms with Gasteiger partial charge in [0.25, 0.3) is 0 Å². The van der Waals surface area contributed by atoms with Crippen molar-refractivity contribution in [1.82, 2.24) is 14.8 Å². The van der Waals surface area contributed by atoms with E-state index in [4.69, 9.17) is 9.47 Å². The van der Waals surface area contributed by atoms with Crippen LogP contribution in [-0.4, -0.2) is 32.4 Å². The summed E-state index contributed by atoms with van der Waals surface area (Å²) in [5, 5.41) is 16.9. The van der Waals surface area contributed by atoms with Crippen molar-refractivity contribution < 1.29 is 19.2 Å². The van der Waals surface area contributed by atoms with Gasteiger partial charge < -0.3 is 24.9 Å². The van der Waals surface area contributed by atoms with Crippen LogP contribution in [0.5, 0.6) is 11.5 Å². The SMILES string of the molecule is O=C(CCCn1cnc([N+](=O)[O-])n1)Nc1ccc2c(c1)OCO2. The van der Waals surface area contributed by atoms with Gasteiger partial charge in [-0.05, 0) is 23.5 Å². The van der Waals surface area contributed by atoms with E-state index in [1.807, 2.05) is 0 Å². The Morgan fingerprint density at radius 3 is 3.00 bits per heavy atom. The van der Waals surface area contributed by atoms with Gasteiger partial charge in [-0.3, -0.25) is 4.79 Å². The zero-order valence-electron chi connectivity index (χ0n) is 12.0. The molecule has 0 radical (unpaired) electrons. The largest absolute Gasteiger partial charge is 0.490 e. The van der Waals surface area contributed by atoms with Gasteiger partial charge in [-0.15, -0.1) is 0 Å². The van der Waals surface area contributed by atoms with Crippen molar-refractivity contribution >= 4 is 17.5 Å². The Morgan fingerprint density at radius 2 is 2.22 bits per heavy atom. The summed E-state index contributed by atoms with van der Waals surface area (Å²) in [5.74, 6) is 0.627. The second-order valence-electron chi connectivity index (χ2n) is 4.78. The first-order chi connectivity index (χ1) is 11.1. The molecule has 120 valence electrons. The van der Waals surface area contributed by atoms with Crippen molar-refractivity contribution in [1.29, 1.82) is 0 Å². The van der Waals surface area contributed by atoms with Crippen molar-refractivity contribution in [2.24, 2.45) is 0 Å². The molecule has 10 nitrogen and oxygen atoms in total. The molecule has 1 aliphatic heterocycles. The maximum Gasteiger partial charge on any atom is 0.490 e. The number of amides is 1. The van der Waals surface area contributed by atoms with Crippen LogP contribution in [0.15, 0.2) is 24.5 Å². The maximum absolute atomic E-state index is 11.9. The number of aromatic nitrogens is 3. The quantitative estimate of drug-likeness (QED) is 0.629. The second-order valence-corrected chi connectivity index (χ2v) is 4.78. The van der Waals surface area contributed by atoms with Crippen LogP contribution in [0.2, 0.25) is 0 Å². The van der Waals surface area contributed by atoms with Gasteiger partial charge >= 0.3 is 5.95 Å². The summed E-state index contributed by atoms with van der Waals surface area (Å²) in [6, 6.07) is 5.15. The molecule has 1 amide bonds. The molecule has 0 fully saturated rings. The minimum Gasteiger partial charge on any atom is -0.454 e. The highest BCUT2D eigenvalue weighted by molar-refractivity contribution is 5.91. The predicted molar refractivity (Wildman–Crippen MR) is 77.1 cm³/mol. The van der Waals surface area contributed by atoms with Crippen LogP contribution in [0.4, 0.5) is 11.6 Å². The fourth-order valence-electron chi connectivity index (χ4n) is 2.08. The highest BCUT2D eigenvalue weighted by atomic mass is 16.7.